The highest BCUT2D eigenvalue weighted by molar-refractivity contribution is 5.02. The molecule has 0 saturated heterocycles. The summed E-state index contributed by atoms with van der Waals surface area (Å²) >= 11 is 0. The van der Waals surface area contributed by atoms with E-state index in [1.165, 1.54) is 18.8 Å². The fourth-order valence-electron chi connectivity index (χ4n) is 1.45. The van der Waals surface area contributed by atoms with E-state index in [1.54, 1.807) is 0 Å². The zero-order chi connectivity index (χ0) is 10.3. The summed E-state index contributed by atoms with van der Waals surface area (Å²) in [6.07, 6.45) is 6.69. The van der Waals surface area contributed by atoms with Crippen molar-refractivity contribution >= 4 is 0 Å². The summed E-state index contributed by atoms with van der Waals surface area (Å²) in [6.45, 7) is 8.39. The summed E-state index contributed by atoms with van der Waals surface area (Å²) in [6, 6.07) is 0. The van der Waals surface area contributed by atoms with Gasteiger partial charge in [-0.1, -0.05) is 46.5 Å². The van der Waals surface area contributed by atoms with Crippen LogP contribution < -0.4 is 0 Å². The van der Waals surface area contributed by atoms with E-state index < -0.39 is 5.60 Å². The molecule has 79 valence electrons. The Morgan fingerprint density at radius 3 is 2.15 bits per heavy atom. The Morgan fingerprint density at radius 2 is 1.69 bits per heavy atom. The highest BCUT2D eigenvalue weighted by Gasteiger charge is 2.27. The highest BCUT2D eigenvalue weighted by atomic mass is 16.3. The first kappa shape index (κ1) is 13.0. The standard InChI is InChI=1S/C12H25O/c1-5-7-9-11(3)12(4,13)10-8-6-2/h13H,5-10H2,1-4H3. The molecule has 0 amide bonds. The van der Waals surface area contributed by atoms with Gasteiger partial charge < -0.3 is 5.11 Å². The van der Waals surface area contributed by atoms with Gasteiger partial charge in [0.2, 0.25) is 0 Å². The summed E-state index contributed by atoms with van der Waals surface area (Å²) in [5, 5.41) is 10.1. The molecule has 0 rings (SSSR count). The first-order chi connectivity index (χ1) is 6.04. The summed E-state index contributed by atoms with van der Waals surface area (Å²) in [5.74, 6) is 1.25. The molecule has 13 heavy (non-hydrogen) atoms. The zero-order valence-corrected chi connectivity index (χ0v) is 9.69. The minimum atomic E-state index is -0.523. The molecule has 0 aromatic heterocycles. The van der Waals surface area contributed by atoms with Crippen LogP contribution >= 0.6 is 0 Å². The quantitative estimate of drug-likeness (QED) is 0.641. The fourth-order valence-corrected chi connectivity index (χ4v) is 1.45. The summed E-state index contributed by atoms with van der Waals surface area (Å²) in [7, 11) is 0. The van der Waals surface area contributed by atoms with E-state index in [9.17, 15) is 5.11 Å². The zero-order valence-electron chi connectivity index (χ0n) is 9.69. The molecule has 1 atom stereocenters. The molecule has 0 aliphatic carbocycles. The van der Waals surface area contributed by atoms with Crippen molar-refractivity contribution in [3.63, 3.8) is 0 Å². The van der Waals surface area contributed by atoms with Crippen molar-refractivity contribution in [3.8, 4) is 0 Å². The van der Waals surface area contributed by atoms with Crippen molar-refractivity contribution in [2.24, 2.45) is 0 Å². The van der Waals surface area contributed by atoms with Gasteiger partial charge in [0.15, 0.2) is 0 Å². The van der Waals surface area contributed by atoms with Crippen LogP contribution in [0.2, 0.25) is 0 Å². The van der Waals surface area contributed by atoms with Crippen molar-refractivity contribution in [2.75, 3.05) is 0 Å². The molecule has 1 nitrogen and oxygen atoms in total. The lowest BCUT2D eigenvalue weighted by Gasteiger charge is -2.29. The molecule has 0 heterocycles. The molecular formula is C12H25O. The van der Waals surface area contributed by atoms with Gasteiger partial charge in [0, 0.05) is 5.92 Å². The van der Waals surface area contributed by atoms with Crippen LogP contribution in [0.15, 0.2) is 0 Å². The number of rotatable bonds is 7. The lowest BCUT2D eigenvalue weighted by atomic mass is 9.83. The molecule has 0 spiro atoms. The van der Waals surface area contributed by atoms with Gasteiger partial charge in [-0.05, 0) is 19.8 Å². The van der Waals surface area contributed by atoms with Crippen molar-refractivity contribution in [1.82, 2.24) is 0 Å². The van der Waals surface area contributed by atoms with Gasteiger partial charge in [-0.15, -0.1) is 0 Å². The fraction of sp³-hybridized carbons (Fsp3) is 0.917. The van der Waals surface area contributed by atoms with Gasteiger partial charge in [0.25, 0.3) is 0 Å². The van der Waals surface area contributed by atoms with E-state index in [0.717, 1.165) is 25.7 Å². The monoisotopic (exact) mass is 185 g/mol. The predicted molar refractivity (Wildman–Crippen MR) is 58.6 cm³/mol. The second-order valence-corrected chi connectivity index (χ2v) is 4.26. The normalized spacial score (nSPS) is 16.2. The van der Waals surface area contributed by atoms with E-state index in [-0.39, 0.29) is 0 Å². The van der Waals surface area contributed by atoms with Crippen molar-refractivity contribution in [3.05, 3.63) is 5.92 Å². The third-order valence-electron chi connectivity index (χ3n) is 2.84. The van der Waals surface area contributed by atoms with Gasteiger partial charge >= 0.3 is 0 Å². The first-order valence-electron chi connectivity index (χ1n) is 5.59. The van der Waals surface area contributed by atoms with Crippen LogP contribution in [0.3, 0.4) is 0 Å². The minimum absolute atomic E-state index is 0.523. The number of hydrogen-bond donors (Lipinski definition) is 1. The van der Waals surface area contributed by atoms with Crippen LogP contribution in [0, 0.1) is 5.92 Å². The first-order valence-corrected chi connectivity index (χ1v) is 5.59. The van der Waals surface area contributed by atoms with E-state index >= 15 is 0 Å². The molecule has 0 bridgehead atoms. The van der Waals surface area contributed by atoms with Gasteiger partial charge in [-0.25, -0.2) is 0 Å². The van der Waals surface area contributed by atoms with Crippen LogP contribution in [-0.2, 0) is 0 Å². The minimum Gasteiger partial charge on any atom is -0.390 e. The molecule has 0 aliphatic heterocycles. The molecule has 0 aromatic carbocycles. The van der Waals surface area contributed by atoms with Crippen molar-refractivity contribution in [1.29, 1.82) is 0 Å². The van der Waals surface area contributed by atoms with Gasteiger partial charge in [0.1, 0.15) is 0 Å². The molecule has 0 fully saturated rings. The molecule has 1 heteroatoms. The smallest absolute Gasteiger partial charge is 0.0679 e. The van der Waals surface area contributed by atoms with Gasteiger partial charge in [-0.3, -0.25) is 0 Å². The predicted octanol–water partition coefficient (Wildman–Crippen LogP) is 3.71. The average molecular weight is 185 g/mol. The highest BCUT2D eigenvalue weighted by Crippen LogP contribution is 2.28. The number of hydrogen-bond acceptors (Lipinski definition) is 1. The maximum absolute atomic E-state index is 10.1. The second-order valence-electron chi connectivity index (χ2n) is 4.26. The molecule has 0 aromatic rings. The molecule has 1 N–H and O–H groups in total. The largest absolute Gasteiger partial charge is 0.390 e. The third kappa shape index (κ3) is 5.30. The van der Waals surface area contributed by atoms with Crippen LogP contribution in [0.1, 0.15) is 66.2 Å². The topological polar surface area (TPSA) is 20.2 Å². The number of aliphatic hydroxyl groups is 1. The molecule has 1 unspecified atom stereocenters. The molecule has 0 aliphatic rings. The lowest BCUT2D eigenvalue weighted by molar-refractivity contribution is 0.0586. The molecular weight excluding hydrogens is 160 g/mol. The van der Waals surface area contributed by atoms with E-state index in [1.807, 2.05) is 6.92 Å². The maximum atomic E-state index is 10.1. The Bertz CT molecular complexity index is 118. The molecule has 0 saturated carbocycles. The Balaban J connectivity index is 3.80. The van der Waals surface area contributed by atoms with Crippen molar-refractivity contribution < 1.29 is 5.11 Å². The SMILES string of the molecule is CCCC[C](C)C(C)(O)CCCC. The van der Waals surface area contributed by atoms with Crippen LogP contribution in [0.25, 0.3) is 0 Å². The van der Waals surface area contributed by atoms with E-state index in [2.05, 4.69) is 20.8 Å². The Hall–Kier alpha value is -0.0400. The average Bonchev–Trinajstić information content (AvgIpc) is 2.10. The van der Waals surface area contributed by atoms with E-state index in [4.69, 9.17) is 0 Å². The Kier molecular flexibility index (Phi) is 6.40. The summed E-state index contributed by atoms with van der Waals surface area (Å²) in [4.78, 5) is 0. The Morgan fingerprint density at radius 1 is 1.15 bits per heavy atom. The summed E-state index contributed by atoms with van der Waals surface area (Å²) in [5.41, 5.74) is -0.523. The maximum Gasteiger partial charge on any atom is 0.0679 e. The third-order valence-corrected chi connectivity index (χ3v) is 2.84. The van der Waals surface area contributed by atoms with E-state index in [0.29, 0.717) is 0 Å². The second kappa shape index (κ2) is 6.42. The Labute approximate surface area is 83.5 Å². The van der Waals surface area contributed by atoms with Crippen LogP contribution in [0.4, 0.5) is 0 Å². The van der Waals surface area contributed by atoms with Crippen molar-refractivity contribution in [2.45, 2.75) is 71.8 Å². The molecule has 1 radical (unpaired) electrons. The van der Waals surface area contributed by atoms with Gasteiger partial charge in [-0.2, -0.15) is 0 Å². The van der Waals surface area contributed by atoms with Crippen LogP contribution in [-0.4, -0.2) is 10.7 Å². The van der Waals surface area contributed by atoms with Crippen LogP contribution in [0.5, 0.6) is 0 Å². The van der Waals surface area contributed by atoms with Gasteiger partial charge in [0.05, 0.1) is 5.60 Å². The number of unbranched alkanes of at least 4 members (excludes halogenated alkanes) is 2. The summed E-state index contributed by atoms with van der Waals surface area (Å²) < 4.78 is 0. The lowest BCUT2D eigenvalue weighted by Crippen LogP contribution is -2.31.